The molecule has 0 bridgehead atoms. The van der Waals surface area contributed by atoms with E-state index in [9.17, 15) is 4.79 Å². The molecule has 22 heavy (non-hydrogen) atoms. The van der Waals surface area contributed by atoms with Gasteiger partial charge in [-0.2, -0.15) is 0 Å². The molecule has 1 aromatic heterocycles. The van der Waals surface area contributed by atoms with Gasteiger partial charge in [-0.25, -0.2) is 4.79 Å². The minimum atomic E-state index is -0.471. The van der Waals surface area contributed by atoms with Crippen LogP contribution in [0.4, 0.5) is 4.79 Å². The lowest BCUT2D eigenvalue weighted by Gasteiger charge is -2.23. The summed E-state index contributed by atoms with van der Waals surface area (Å²) in [5.41, 5.74) is 1.89. The third-order valence-electron chi connectivity index (χ3n) is 3.50. The fraction of sp³-hybridized carbons (Fsp3) is 0.500. The van der Waals surface area contributed by atoms with Crippen molar-refractivity contribution in [2.45, 2.75) is 58.6 Å². The van der Waals surface area contributed by atoms with Crippen molar-refractivity contribution in [3.63, 3.8) is 0 Å². The fourth-order valence-electron chi connectivity index (χ4n) is 2.61. The average molecular weight is 302 g/mol. The van der Waals surface area contributed by atoms with Gasteiger partial charge in [-0.15, -0.1) is 0 Å². The van der Waals surface area contributed by atoms with Crippen LogP contribution >= 0.6 is 0 Å². The quantitative estimate of drug-likeness (QED) is 0.860. The molecule has 0 saturated heterocycles. The largest absolute Gasteiger partial charge is 0.444 e. The Kier molecular flexibility index (Phi) is 5.11. The Morgan fingerprint density at radius 3 is 2.73 bits per heavy atom. The molecule has 120 valence electrons. The normalized spacial score (nSPS) is 13.1. The molecular weight excluding hydrogens is 276 g/mol. The molecule has 0 aliphatic carbocycles. The number of fused-ring (bicyclic) bond motifs is 1. The number of carbonyl (C=O) groups is 1. The lowest BCUT2D eigenvalue weighted by molar-refractivity contribution is 0.0501. The summed E-state index contributed by atoms with van der Waals surface area (Å²) < 4.78 is 5.36. The first-order valence-electron chi connectivity index (χ1n) is 7.93. The molecule has 2 rings (SSSR count). The van der Waals surface area contributed by atoms with E-state index < -0.39 is 5.60 Å². The Bertz CT molecular complexity index is 625. The maximum absolute atomic E-state index is 12.0. The number of rotatable bonds is 5. The molecular formula is C18H26N2O2. The number of amides is 1. The number of benzene rings is 1. The van der Waals surface area contributed by atoms with Gasteiger partial charge in [0.2, 0.25) is 0 Å². The van der Waals surface area contributed by atoms with Crippen LogP contribution in [0.1, 0.15) is 46.1 Å². The monoisotopic (exact) mass is 302 g/mol. The van der Waals surface area contributed by atoms with Gasteiger partial charge in [0, 0.05) is 23.1 Å². The van der Waals surface area contributed by atoms with Crippen molar-refractivity contribution in [2.24, 2.45) is 0 Å². The molecule has 2 N–H and O–H groups in total. The molecule has 1 atom stereocenters. The van der Waals surface area contributed by atoms with Crippen LogP contribution < -0.4 is 5.32 Å². The zero-order valence-corrected chi connectivity index (χ0v) is 13.9. The summed E-state index contributed by atoms with van der Waals surface area (Å²) in [4.78, 5) is 15.3. The Hall–Kier alpha value is -1.97. The minimum absolute atomic E-state index is 0.0825. The van der Waals surface area contributed by atoms with Crippen LogP contribution in [-0.2, 0) is 11.2 Å². The predicted molar refractivity (Wildman–Crippen MR) is 90.1 cm³/mol. The van der Waals surface area contributed by atoms with E-state index in [1.165, 1.54) is 10.9 Å². The van der Waals surface area contributed by atoms with Gasteiger partial charge in [-0.3, -0.25) is 0 Å². The first-order valence-corrected chi connectivity index (χ1v) is 7.93. The molecule has 0 aliphatic rings. The van der Waals surface area contributed by atoms with E-state index in [1.54, 1.807) is 0 Å². The number of aromatic nitrogens is 1. The second kappa shape index (κ2) is 6.86. The zero-order chi connectivity index (χ0) is 16.2. The molecule has 0 aliphatic heterocycles. The van der Waals surface area contributed by atoms with E-state index in [1.807, 2.05) is 39.1 Å². The van der Waals surface area contributed by atoms with Crippen molar-refractivity contribution in [3.8, 4) is 0 Å². The first-order chi connectivity index (χ1) is 10.4. The summed E-state index contributed by atoms with van der Waals surface area (Å²) in [5, 5.41) is 4.22. The maximum atomic E-state index is 12.0. The third-order valence-corrected chi connectivity index (χ3v) is 3.50. The van der Waals surface area contributed by atoms with Gasteiger partial charge in [0.15, 0.2) is 0 Å². The molecule has 1 aromatic carbocycles. The number of alkyl carbamates (subject to hydrolysis) is 1. The SMILES string of the molecule is CCC[C@@H](Cc1c[nH]c2ccccc12)NC(=O)OC(C)(C)C. The molecule has 1 heterocycles. The fourth-order valence-corrected chi connectivity index (χ4v) is 2.61. The zero-order valence-electron chi connectivity index (χ0n) is 13.9. The van der Waals surface area contributed by atoms with Crippen molar-refractivity contribution in [2.75, 3.05) is 0 Å². The summed E-state index contributed by atoms with van der Waals surface area (Å²) in [6.45, 7) is 7.75. The van der Waals surface area contributed by atoms with E-state index in [2.05, 4.69) is 29.4 Å². The van der Waals surface area contributed by atoms with Gasteiger partial charge in [0.05, 0.1) is 0 Å². The number of carbonyl (C=O) groups excluding carboxylic acids is 1. The molecule has 1 amide bonds. The molecule has 0 saturated carbocycles. The molecule has 4 heteroatoms. The Morgan fingerprint density at radius 2 is 2.05 bits per heavy atom. The second-order valence-electron chi connectivity index (χ2n) is 6.70. The summed E-state index contributed by atoms with van der Waals surface area (Å²) in [5.74, 6) is 0. The molecule has 0 fully saturated rings. The molecule has 0 radical (unpaired) electrons. The van der Waals surface area contributed by atoms with Crippen molar-refractivity contribution in [3.05, 3.63) is 36.0 Å². The van der Waals surface area contributed by atoms with E-state index in [4.69, 9.17) is 4.74 Å². The van der Waals surface area contributed by atoms with Gasteiger partial charge >= 0.3 is 6.09 Å². The van der Waals surface area contributed by atoms with E-state index in [-0.39, 0.29) is 12.1 Å². The van der Waals surface area contributed by atoms with E-state index in [0.717, 1.165) is 24.8 Å². The number of H-pyrrole nitrogens is 1. The molecule has 0 spiro atoms. The first kappa shape index (κ1) is 16.4. The highest BCUT2D eigenvalue weighted by Gasteiger charge is 2.20. The van der Waals surface area contributed by atoms with Crippen LogP contribution in [0.3, 0.4) is 0 Å². The lowest BCUT2D eigenvalue weighted by atomic mass is 10.0. The maximum Gasteiger partial charge on any atom is 0.407 e. The number of para-hydroxylation sites is 1. The summed E-state index contributed by atoms with van der Waals surface area (Å²) in [6, 6.07) is 8.31. The minimum Gasteiger partial charge on any atom is -0.444 e. The summed E-state index contributed by atoms with van der Waals surface area (Å²) >= 11 is 0. The van der Waals surface area contributed by atoms with Gasteiger partial charge in [0.25, 0.3) is 0 Å². The smallest absolute Gasteiger partial charge is 0.407 e. The Labute approximate surface area is 132 Å². The number of nitrogens with one attached hydrogen (secondary N) is 2. The topological polar surface area (TPSA) is 54.1 Å². The van der Waals surface area contributed by atoms with E-state index >= 15 is 0 Å². The van der Waals surface area contributed by atoms with Crippen LogP contribution in [-0.4, -0.2) is 22.7 Å². The van der Waals surface area contributed by atoms with E-state index in [0.29, 0.717) is 0 Å². The second-order valence-corrected chi connectivity index (χ2v) is 6.70. The standard InChI is InChI=1S/C18H26N2O2/c1-5-8-14(20-17(21)22-18(2,3)4)11-13-12-19-16-10-7-6-9-15(13)16/h6-7,9-10,12,14,19H,5,8,11H2,1-4H3,(H,20,21)/t14-/m0/s1. The van der Waals surface area contributed by atoms with Gasteiger partial charge in [0.1, 0.15) is 5.60 Å². The highest BCUT2D eigenvalue weighted by atomic mass is 16.6. The number of hydrogen-bond acceptors (Lipinski definition) is 2. The average Bonchev–Trinajstić information content (AvgIpc) is 2.80. The lowest BCUT2D eigenvalue weighted by Crippen LogP contribution is -2.40. The van der Waals surface area contributed by atoms with Gasteiger partial charge in [-0.1, -0.05) is 31.5 Å². The molecule has 2 aromatic rings. The van der Waals surface area contributed by atoms with Crippen LogP contribution in [0, 0.1) is 0 Å². The Balaban J connectivity index is 2.07. The van der Waals surface area contributed by atoms with Crippen molar-refractivity contribution in [1.82, 2.24) is 10.3 Å². The van der Waals surface area contributed by atoms with Crippen molar-refractivity contribution < 1.29 is 9.53 Å². The van der Waals surface area contributed by atoms with Gasteiger partial charge in [-0.05, 0) is 45.2 Å². The highest BCUT2D eigenvalue weighted by molar-refractivity contribution is 5.83. The van der Waals surface area contributed by atoms with Crippen LogP contribution in [0.15, 0.2) is 30.5 Å². The molecule has 4 nitrogen and oxygen atoms in total. The number of aromatic amines is 1. The number of ether oxygens (including phenoxy) is 1. The van der Waals surface area contributed by atoms with Crippen molar-refractivity contribution in [1.29, 1.82) is 0 Å². The highest BCUT2D eigenvalue weighted by Crippen LogP contribution is 2.20. The van der Waals surface area contributed by atoms with Gasteiger partial charge < -0.3 is 15.0 Å². The predicted octanol–water partition coefficient (Wildman–Crippen LogP) is 4.40. The summed E-state index contributed by atoms with van der Waals surface area (Å²) in [6.07, 6.45) is 4.44. The van der Waals surface area contributed by atoms with Crippen LogP contribution in [0.5, 0.6) is 0 Å². The summed E-state index contributed by atoms with van der Waals surface area (Å²) in [7, 11) is 0. The number of hydrogen-bond donors (Lipinski definition) is 2. The van der Waals surface area contributed by atoms with Crippen LogP contribution in [0.25, 0.3) is 10.9 Å². The van der Waals surface area contributed by atoms with Crippen LogP contribution in [0.2, 0.25) is 0 Å². The Morgan fingerprint density at radius 1 is 1.32 bits per heavy atom. The third kappa shape index (κ3) is 4.52. The van der Waals surface area contributed by atoms with Crippen molar-refractivity contribution >= 4 is 17.0 Å². The molecule has 0 unspecified atom stereocenters.